The second kappa shape index (κ2) is 7.78. The molecule has 120 valence electrons. The molecule has 2 aromatic carbocycles. The molecule has 5 nitrogen and oxygen atoms in total. The quantitative estimate of drug-likeness (QED) is 0.807. The van der Waals surface area contributed by atoms with E-state index in [-0.39, 0.29) is 5.91 Å². The third-order valence-electron chi connectivity index (χ3n) is 3.05. The number of nitrogens with one attached hydrogen (secondary N) is 1. The van der Waals surface area contributed by atoms with E-state index < -0.39 is 12.1 Å². The van der Waals surface area contributed by atoms with Crippen LogP contribution in [-0.4, -0.2) is 25.1 Å². The maximum absolute atomic E-state index is 12.2. The topological polar surface area (TPSA) is 64.6 Å². The summed E-state index contributed by atoms with van der Waals surface area (Å²) in [6.45, 7) is 1.65. The second-order valence-electron chi connectivity index (χ2n) is 4.78. The standard InChI is InChI=1S/C17H16BrNO4/c1-11(23-15-8-6-13(18)7-9-15)16(20)19-14-5-3-4-12(10-14)17(21)22-2/h3-11H,1-2H3,(H,19,20). The first-order chi connectivity index (χ1) is 11.0. The molecule has 0 spiro atoms. The van der Waals surface area contributed by atoms with E-state index in [2.05, 4.69) is 26.0 Å². The first-order valence-electron chi connectivity index (χ1n) is 6.91. The van der Waals surface area contributed by atoms with Gasteiger partial charge in [-0.05, 0) is 49.4 Å². The van der Waals surface area contributed by atoms with E-state index in [1.807, 2.05) is 12.1 Å². The molecule has 0 aliphatic carbocycles. The number of methoxy groups -OCH3 is 1. The zero-order valence-corrected chi connectivity index (χ0v) is 14.3. The Kier molecular flexibility index (Phi) is 5.76. The molecule has 0 aliphatic rings. The molecule has 2 rings (SSSR count). The maximum atomic E-state index is 12.2. The molecule has 6 heteroatoms. The molecule has 1 amide bonds. The van der Waals surface area contributed by atoms with Crippen molar-refractivity contribution >= 4 is 33.5 Å². The number of hydrogen-bond acceptors (Lipinski definition) is 4. The van der Waals surface area contributed by atoms with Crippen molar-refractivity contribution in [3.05, 3.63) is 58.6 Å². The molecule has 1 atom stereocenters. The summed E-state index contributed by atoms with van der Waals surface area (Å²) in [5.41, 5.74) is 0.871. The third-order valence-corrected chi connectivity index (χ3v) is 3.58. The van der Waals surface area contributed by atoms with Gasteiger partial charge in [-0.25, -0.2) is 4.79 Å². The molecule has 0 radical (unpaired) electrons. The minimum atomic E-state index is -0.682. The zero-order valence-electron chi connectivity index (χ0n) is 12.7. The Hall–Kier alpha value is -2.34. The van der Waals surface area contributed by atoms with Crippen molar-refractivity contribution in [1.82, 2.24) is 0 Å². The number of hydrogen-bond donors (Lipinski definition) is 1. The molecule has 2 aromatic rings. The monoisotopic (exact) mass is 377 g/mol. The number of rotatable bonds is 5. The molecule has 0 aromatic heterocycles. The predicted octanol–water partition coefficient (Wildman–Crippen LogP) is 3.64. The molecular weight excluding hydrogens is 362 g/mol. The highest BCUT2D eigenvalue weighted by atomic mass is 79.9. The lowest BCUT2D eigenvalue weighted by Gasteiger charge is -2.15. The number of esters is 1. The average Bonchev–Trinajstić information content (AvgIpc) is 2.56. The van der Waals surface area contributed by atoms with Crippen LogP contribution in [0.2, 0.25) is 0 Å². The van der Waals surface area contributed by atoms with Crippen LogP contribution in [0.1, 0.15) is 17.3 Å². The fourth-order valence-electron chi connectivity index (χ4n) is 1.86. The Morgan fingerprint density at radius 3 is 2.48 bits per heavy atom. The SMILES string of the molecule is COC(=O)c1cccc(NC(=O)C(C)Oc2ccc(Br)cc2)c1. The van der Waals surface area contributed by atoms with E-state index in [1.54, 1.807) is 43.3 Å². The van der Waals surface area contributed by atoms with Gasteiger partial charge in [0, 0.05) is 10.2 Å². The number of benzene rings is 2. The Balaban J connectivity index is 2.00. The van der Waals surface area contributed by atoms with Crippen molar-refractivity contribution in [2.24, 2.45) is 0 Å². The molecule has 1 unspecified atom stereocenters. The Morgan fingerprint density at radius 2 is 1.83 bits per heavy atom. The first kappa shape index (κ1) is 17.0. The highest BCUT2D eigenvalue weighted by Gasteiger charge is 2.15. The van der Waals surface area contributed by atoms with Crippen LogP contribution < -0.4 is 10.1 Å². The van der Waals surface area contributed by atoms with Crippen LogP contribution in [0.15, 0.2) is 53.0 Å². The largest absolute Gasteiger partial charge is 0.481 e. The fraction of sp³-hybridized carbons (Fsp3) is 0.176. The van der Waals surface area contributed by atoms with Crippen LogP contribution in [-0.2, 0) is 9.53 Å². The summed E-state index contributed by atoms with van der Waals surface area (Å²) in [6, 6.07) is 13.7. The normalized spacial score (nSPS) is 11.4. The molecule has 0 heterocycles. The highest BCUT2D eigenvalue weighted by Crippen LogP contribution is 2.18. The number of amides is 1. The van der Waals surface area contributed by atoms with Crippen LogP contribution in [0.25, 0.3) is 0 Å². The lowest BCUT2D eigenvalue weighted by atomic mass is 10.2. The Bertz CT molecular complexity index is 700. The van der Waals surface area contributed by atoms with Gasteiger partial charge in [-0.2, -0.15) is 0 Å². The predicted molar refractivity (Wildman–Crippen MR) is 90.6 cm³/mol. The molecule has 0 fully saturated rings. The Labute approximate surface area is 142 Å². The summed E-state index contributed by atoms with van der Waals surface area (Å²) in [4.78, 5) is 23.7. The smallest absolute Gasteiger partial charge is 0.337 e. The van der Waals surface area contributed by atoms with E-state index in [9.17, 15) is 9.59 Å². The van der Waals surface area contributed by atoms with E-state index >= 15 is 0 Å². The van der Waals surface area contributed by atoms with Crippen molar-refractivity contribution in [2.45, 2.75) is 13.0 Å². The number of ether oxygens (including phenoxy) is 2. The summed E-state index contributed by atoms with van der Waals surface area (Å²) in [5, 5.41) is 2.71. The number of carbonyl (C=O) groups is 2. The summed E-state index contributed by atoms with van der Waals surface area (Å²) >= 11 is 3.34. The summed E-state index contributed by atoms with van der Waals surface area (Å²) in [7, 11) is 1.31. The van der Waals surface area contributed by atoms with Crippen molar-refractivity contribution in [3.63, 3.8) is 0 Å². The van der Waals surface area contributed by atoms with Gasteiger partial charge in [-0.1, -0.05) is 22.0 Å². The maximum Gasteiger partial charge on any atom is 0.337 e. The van der Waals surface area contributed by atoms with Gasteiger partial charge >= 0.3 is 5.97 Å². The number of anilines is 1. The molecule has 1 N–H and O–H groups in total. The van der Waals surface area contributed by atoms with Crippen molar-refractivity contribution < 1.29 is 19.1 Å². The average molecular weight is 378 g/mol. The van der Waals surface area contributed by atoms with Crippen LogP contribution >= 0.6 is 15.9 Å². The number of carbonyl (C=O) groups excluding carboxylic acids is 2. The van der Waals surface area contributed by atoms with Crippen molar-refractivity contribution in [3.8, 4) is 5.75 Å². The van der Waals surface area contributed by atoms with E-state index in [1.165, 1.54) is 7.11 Å². The van der Waals surface area contributed by atoms with Crippen LogP contribution in [0, 0.1) is 0 Å². The van der Waals surface area contributed by atoms with Gasteiger partial charge in [0.15, 0.2) is 6.10 Å². The van der Waals surface area contributed by atoms with Gasteiger partial charge in [0.1, 0.15) is 5.75 Å². The third kappa shape index (κ3) is 4.82. The molecule has 0 aliphatic heterocycles. The van der Waals surface area contributed by atoms with Gasteiger partial charge in [-0.15, -0.1) is 0 Å². The van der Waals surface area contributed by atoms with E-state index in [0.29, 0.717) is 17.0 Å². The molecular formula is C17H16BrNO4. The van der Waals surface area contributed by atoms with E-state index in [4.69, 9.17) is 4.74 Å². The molecule has 0 bridgehead atoms. The lowest BCUT2D eigenvalue weighted by molar-refractivity contribution is -0.122. The van der Waals surface area contributed by atoms with Gasteiger partial charge < -0.3 is 14.8 Å². The summed E-state index contributed by atoms with van der Waals surface area (Å²) < 4.78 is 11.2. The van der Waals surface area contributed by atoms with Crippen LogP contribution in [0.3, 0.4) is 0 Å². The number of halogens is 1. The molecule has 0 saturated carbocycles. The van der Waals surface area contributed by atoms with Gasteiger partial charge in [0.2, 0.25) is 0 Å². The summed E-state index contributed by atoms with van der Waals surface area (Å²) in [5.74, 6) is -0.172. The highest BCUT2D eigenvalue weighted by molar-refractivity contribution is 9.10. The van der Waals surface area contributed by atoms with Crippen molar-refractivity contribution in [1.29, 1.82) is 0 Å². The van der Waals surface area contributed by atoms with Crippen LogP contribution in [0.5, 0.6) is 5.75 Å². The minimum absolute atomic E-state index is 0.310. The van der Waals surface area contributed by atoms with Crippen LogP contribution in [0.4, 0.5) is 5.69 Å². The van der Waals surface area contributed by atoms with E-state index in [0.717, 1.165) is 4.47 Å². The second-order valence-corrected chi connectivity index (χ2v) is 5.69. The van der Waals surface area contributed by atoms with Gasteiger partial charge in [0.25, 0.3) is 5.91 Å². The molecule has 23 heavy (non-hydrogen) atoms. The molecule has 0 saturated heterocycles. The summed E-state index contributed by atoms with van der Waals surface area (Å²) in [6.07, 6.45) is -0.682. The first-order valence-corrected chi connectivity index (χ1v) is 7.70. The minimum Gasteiger partial charge on any atom is -0.481 e. The Morgan fingerprint density at radius 1 is 1.13 bits per heavy atom. The lowest BCUT2D eigenvalue weighted by Crippen LogP contribution is -2.30. The van der Waals surface area contributed by atoms with Gasteiger partial charge in [-0.3, -0.25) is 4.79 Å². The zero-order chi connectivity index (χ0) is 16.8. The van der Waals surface area contributed by atoms with Gasteiger partial charge in [0.05, 0.1) is 12.7 Å². The van der Waals surface area contributed by atoms with Crippen molar-refractivity contribution in [2.75, 3.05) is 12.4 Å². The fourth-order valence-corrected chi connectivity index (χ4v) is 2.12.